The summed E-state index contributed by atoms with van der Waals surface area (Å²) >= 11 is 0. The number of rotatable bonds is 2. The summed E-state index contributed by atoms with van der Waals surface area (Å²) in [6.07, 6.45) is 3.27. The van der Waals surface area contributed by atoms with Crippen molar-refractivity contribution in [2.24, 2.45) is 0 Å². The van der Waals surface area contributed by atoms with Gasteiger partial charge in [-0.2, -0.15) is 0 Å². The molecule has 0 bridgehead atoms. The van der Waals surface area contributed by atoms with Crippen molar-refractivity contribution in [3.63, 3.8) is 0 Å². The third kappa shape index (κ3) is 3.51. The molecule has 5 nitrogen and oxygen atoms in total. The maximum absolute atomic E-state index is 12.1. The molecule has 0 spiro atoms. The highest BCUT2D eigenvalue weighted by Crippen LogP contribution is 2.02. The van der Waals surface area contributed by atoms with Crippen molar-refractivity contribution in [3.8, 4) is 0 Å². The minimum absolute atomic E-state index is 0.0446. The average Bonchev–Trinajstić information content (AvgIpc) is 2.52. The lowest BCUT2D eigenvalue weighted by atomic mass is 10.2. The molecule has 0 unspecified atom stereocenters. The van der Waals surface area contributed by atoms with Crippen LogP contribution in [0, 0.1) is 0 Å². The number of aromatic nitrogens is 1. The molecule has 5 heteroatoms. The van der Waals surface area contributed by atoms with Crippen LogP contribution >= 0.6 is 0 Å². The Labute approximate surface area is 108 Å². The molecule has 1 amide bonds. The zero-order valence-corrected chi connectivity index (χ0v) is 11.0. The number of hydrogen-bond acceptors (Lipinski definition) is 4. The number of nitrogens with zero attached hydrogens (tertiary/aromatic N) is 3. The van der Waals surface area contributed by atoms with Gasteiger partial charge in [-0.15, -0.1) is 0 Å². The molecule has 18 heavy (non-hydrogen) atoms. The van der Waals surface area contributed by atoms with Gasteiger partial charge in [0.1, 0.15) is 0 Å². The van der Waals surface area contributed by atoms with Crippen molar-refractivity contribution < 1.29 is 4.79 Å². The second-order valence-corrected chi connectivity index (χ2v) is 4.94. The number of hydrogen-bond donors (Lipinski definition) is 1. The molecule has 1 saturated heterocycles. The Kier molecular flexibility index (Phi) is 4.28. The van der Waals surface area contributed by atoms with Crippen LogP contribution in [0.3, 0.4) is 0 Å². The third-order valence-corrected chi connectivity index (χ3v) is 3.19. The normalized spacial score (nSPS) is 19.4. The van der Waals surface area contributed by atoms with E-state index < -0.39 is 0 Å². The predicted molar refractivity (Wildman–Crippen MR) is 70.5 cm³/mol. The molecule has 2 heterocycles. The van der Waals surface area contributed by atoms with Crippen LogP contribution in [0.1, 0.15) is 10.4 Å². The lowest BCUT2D eigenvalue weighted by Gasteiger charge is -2.22. The molecule has 0 radical (unpaired) electrons. The van der Waals surface area contributed by atoms with Crippen LogP contribution in [0.2, 0.25) is 0 Å². The van der Waals surface area contributed by atoms with E-state index in [2.05, 4.69) is 34.2 Å². The maximum Gasteiger partial charge on any atom is 0.253 e. The van der Waals surface area contributed by atoms with Gasteiger partial charge in [0.05, 0.1) is 11.6 Å². The van der Waals surface area contributed by atoms with Gasteiger partial charge in [-0.3, -0.25) is 9.78 Å². The van der Waals surface area contributed by atoms with E-state index in [0.717, 1.165) is 26.2 Å². The summed E-state index contributed by atoms with van der Waals surface area (Å²) in [6, 6.07) is 3.72. The highest BCUT2D eigenvalue weighted by Gasteiger charge is 2.20. The molecule has 1 fully saturated rings. The van der Waals surface area contributed by atoms with Crippen molar-refractivity contribution >= 4 is 5.91 Å². The summed E-state index contributed by atoms with van der Waals surface area (Å²) in [5.41, 5.74) is 0.618. The van der Waals surface area contributed by atoms with Crippen LogP contribution in [-0.2, 0) is 0 Å². The fourth-order valence-electron chi connectivity index (χ4n) is 2.19. The molecule has 0 aliphatic carbocycles. The summed E-state index contributed by atoms with van der Waals surface area (Å²) < 4.78 is 0. The SMILES string of the molecule is CN1CCN(C)CC(NC(=O)c2cccnc2)C1. The van der Waals surface area contributed by atoms with Gasteiger partial charge in [0.15, 0.2) is 0 Å². The molecule has 0 atom stereocenters. The van der Waals surface area contributed by atoms with Gasteiger partial charge in [-0.1, -0.05) is 0 Å². The molecule has 1 aliphatic heterocycles. The number of carbonyl (C=O) groups excluding carboxylic acids is 1. The quantitative estimate of drug-likeness (QED) is 0.804. The highest BCUT2D eigenvalue weighted by molar-refractivity contribution is 5.94. The van der Waals surface area contributed by atoms with Gasteiger partial charge in [-0.25, -0.2) is 0 Å². The number of likely N-dealkylation sites (N-methyl/N-ethyl adjacent to an activating group) is 2. The number of pyridine rings is 1. The topological polar surface area (TPSA) is 48.5 Å². The van der Waals surface area contributed by atoms with Gasteiger partial charge in [-0.05, 0) is 26.2 Å². The van der Waals surface area contributed by atoms with Crippen molar-refractivity contribution in [1.82, 2.24) is 20.1 Å². The maximum atomic E-state index is 12.1. The first-order valence-corrected chi connectivity index (χ1v) is 6.23. The molecule has 2 rings (SSSR count). The van der Waals surface area contributed by atoms with Crippen LogP contribution < -0.4 is 5.32 Å². The van der Waals surface area contributed by atoms with Crippen molar-refractivity contribution in [3.05, 3.63) is 30.1 Å². The van der Waals surface area contributed by atoms with E-state index in [4.69, 9.17) is 0 Å². The predicted octanol–water partition coefficient (Wildman–Crippen LogP) is 0.0572. The van der Waals surface area contributed by atoms with Crippen LogP contribution in [0.4, 0.5) is 0 Å². The van der Waals surface area contributed by atoms with Crippen molar-refractivity contribution in [2.45, 2.75) is 6.04 Å². The molecule has 98 valence electrons. The lowest BCUT2D eigenvalue weighted by Crippen LogP contribution is -2.45. The summed E-state index contributed by atoms with van der Waals surface area (Å²) in [7, 11) is 4.17. The Morgan fingerprint density at radius 3 is 2.56 bits per heavy atom. The summed E-state index contributed by atoms with van der Waals surface area (Å²) in [6.45, 7) is 3.85. The Morgan fingerprint density at radius 2 is 2.00 bits per heavy atom. The molecular weight excluding hydrogens is 228 g/mol. The van der Waals surface area contributed by atoms with Crippen molar-refractivity contribution in [2.75, 3.05) is 40.3 Å². The standard InChI is InChI=1S/C13H20N4O/c1-16-6-7-17(2)10-12(9-16)15-13(18)11-4-3-5-14-8-11/h3-5,8,12H,6-7,9-10H2,1-2H3,(H,15,18). The van der Waals surface area contributed by atoms with Crippen LogP contribution in [0.15, 0.2) is 24.5 Å². The molecule has 0 aromatic carbocycles. The molecule has 1 aliphatic rings. The summed E-state index contributed by atoms with van der Waals surface area (Å²) in [5.74, 6) is -0.0446. The number of amides is 1. The van der Waals surface area contributed by atoms with Gasteiger partial charge < -0.3 is 15.1 Å². The Morgan fingerprint density at radius 1 is 1.33 bits per heavy atom. The second-order valence-electron chi connectivity index (χ2n) is 4.94. The van der Waals surface area contributed by atoms with Gasteiger partial charge in [0, 0.05) is 38.6 Å². The molecular formula is C13H20N4O. The molecule has 1 aromatic rings. The zero-order valence-electron chi connectivity index (χ0n) is 11.0. The molecule has 0 saturated carbocycles. The van der Waals surface area contributed by atoms with E-state index in [1.165, 1.54) is 0 Å². The average molecular weight is 248 g/mol. The molecule has 1 aromatic heterocycles. The summed E-state index contributed by atoms with van der Waals surface area (Å²) in [4.78, 5) is 20.5. The lowest BCUT2D eigenvalue weighted by molar-refractivity contribution is 0.0926. The fraction of sp³-hybridized carbons (Fsp3) is 0.538. The first-order valence-electron chi connectivity index (χ1n) is 6.23. The van der Waals surface area contributed by atoms with E-state index in [0.29, 0.717) is 5.56 Å². The highest BCUT2D eigenvalue weighted by atomic mass is 16.1. The van der Waals surface area contributed by atoms with Crippen LogP contribution in [0.5, 0.6) is 0 Å². The van der Waals surface area contributed by atoms with Gasteiger partial charge >= 0.3 is 0 Å². The van der Waals surface area contributed by atoms with E-state index >= 15 is 0 Å². The first kappa shape index (κ1) is 13.0. The van der Waals surface area contributed by atoms with E-state index in [9.17, 15) is 4.79 Å². The van der Waals surface area contributed by atoms with E-state index in [1.54, 1.807) is 24.5 Å². The smallest absolute Gasteiger partial charge is 0.253 e. The Hall–Kier alpha value is -1.46. The van der Waals surface area contributed by atoms with E-state index in [1.807, 2.05) is 0 Å². The zero-order chi connectivity index (χ0) is 13.0. The monoisotopic (exact) mass is 248 g/mol. The Balaban J connectivity index is 1.97. The minimum Gasteiger partial charge on any atom is -0.347 e. The second kappa shape index (κ2) is 5.93. The first-order chi connectivity index (χ1) is 8.65. The van der Waals surface area contributed by atoms with E-state index in [-0.39, 0.29) is 11.9 Å². The number of nitrogens with one attached hydrogen (secondary N) is 1. The van der Waals surface area contributed by atoms with Crippen molar-refractivity contribution in [1.29, 1.82) is 0 Å². The third-order valence-electron chi connectivity index (χ3n) is 3.19. The largest absolute Gasteiger partial charge is 0.347 e. The van der Waals surface area contributed by atoms with Gasteiger partial charge in [0.2, 0.25) is 0 Å². The Bertz CT molecular complexity index is 383. The van der Waals surface area contributed by atoms with Crippen LogP contribution in [-0.4, -0.2) is 67.0 Å². The van der Waals surface area contributed by atoms with Gasteiger partial charge in [0.25, 0.3) is 5.91 Å². The minimum atomic E-state index is -0.0446. The summed E-state index contributed by atoms with van der Waals surface area (Å²) in [5, 5.41) is 3.07. The molecule has 1 N–H and O–H groups in total. The number of carbonyl (C=O) groups is 1. The van der Waals surface area contributed by atoms with Crippen LogP contribution in [0.25, 0.3) is 0 Å². The fourth-order valence-corrected chi connectivity index (χ4v) is 2.19.